The van der Waals surface area contributed by atoms with Crippen LogP contribution in [0.15, 0.2) is 122 Å². The van der Waals surface area contributed by atoms with E-state index in [2.05, 4.69) is 129 Å². The molecule has 3 heterocycles. The molecule has 0 radical (unpaired) electrons. The van der Waals surface area contributed by atoms with E-state index < -0.39 is 124 Å². The number of ether oxygens (including phenoxy) is 6. The summed E-state index contributed by atoms with van der Waals surface area (Å²) < 4.78 is 34.3. The van der Waals surface area contributed by atoms with Crippen molar-refractivity contribution in [3.05, 3.63) is 122 Å². The molecule has 12 N–H and O–H groups in total. The number of amides is 1. The molecule has 0 aromatic heterocycles. The highest BCUT2D eigenvalue weighted by molar-refractivity contribution is 5.76. The number of unbranched alkanes of at least 4 members (excludes halogenated alkanes) is 24. The standard InChI is InChI=1S/C80H135NO18/c1-3-5-7-9-11-13-15-17-19-20-21-22-23-24-25-26-27-28-29-30-31-32-33-34-35-36-37-38-39-40-41-42-44-46-48-50-52-54-56-58-68(86)81-63(64(85)57-55-53-51-49-47-45-43-18-16-14-12-10-8-6-4-2)62-94-78-74(92)71(89)76(66(60-83)96-78)99-80-75(93)72(90)77(67(61-84)97-80)98-79-73(91)70(88)69(87)65(59-82)95-79/h5,7,11,13,16-19,21-22,24-25,27-28,30-31,47,49,55,57,63-67,69-80,82-85,87-93H,3-4,6,8-10,12,14-15,20,23,26,29,32-46,48,50-54,56,58-62H2,1-2H3,(H,81,86)/b7-5-,13-11-,18-16+,19-17-,22-21-,25-24-,28-27-,31-30-,49-47+,57-55+. The van der Waals surface area contributed by atoms with Crippen molar-refractivity contribution in [3.63, 3.8) is 0 Å². The second-order valence-electron chi connectivity index (χ2n) is 26.7. The largest absolute Gasteiger partial charge is 0.394 e. The van der Waals surface area contributed by atoms with E-state index in [0.717, 1.165) is 89.9 Å². The second kappa shape index (κ2) is 59.6. The van der Waals surface area contributed by atoms with Crippen LogP contribution in [0.3, 0.4) is 0 Å². The molecule has 0 aromatic carbocycles. The molecule has 3 saturated heterocycles. The minimum Gasteiger partial charge on any atom is -0.394 e. The van der Waals surface area contributed by atoms with E-state index in [1.54, 1.807) is 6.08 Å². The van der Waals surface area contributed by atoms with E-state index in [-0.39, 0.29) is 18.9 Å². The maximum atomic E-state index is 13.4. The van der Waals surface area contributed by atoms with Gasteiger partial charge >= 0.3 is 0 Å². The van der Waals surface area contributed by atoms with E-state index in [4.69, 9.17) is 28.4 Å². The van der Waals surface area contributed by atoms with E-state index in [0.29, 0.717) is 12.8 Å². The Balaban J connectivity index is 1.33. The van der Waals surface area contributed by atoms with E-state index in [9.17, 15) is 61.0 Å². The van der Waals surface area contributed by atoms with Gasteiger partial charge in [-0.3, -0.25) is 4.79 Å². The minimum absolute atomic E-state index is 0.227. The molecule has 0 saturated carbocycles. The predicted molar refractivity (Wildman–Crippen MR) is 392 cm³/mol. The molecule has 1 amide bonds. The van der Waals surface area contributed by atoms with Crippen molar-refractivity contribution in [1.29, 1.82) is 0 Å². The number of aliphatic hydroxyl groups excluding tert-OH is 11. The molecular formula is C80H135NO18. The summed E-state index contributed by atoms with van der Waals surface area (Å²) in [5.41, 5.74) is 0. The first-order valence-electron chi connectivity index (χ1n) is 38.3. The Bertz CT molecular complexity index is 2260. The number of hydrogen-bond acceptors (Lipinski definition) is 18. The molecule has 3 aliphatic heterocycles. The Morgan fingerprint density at radius 3 is 1.13 bits per heavy atom. The lowest BCUT2D eigenvalue weighted by Gasteiger charge is -2.48. The van der Waals surface area contributed by atoms with Gasteiger partial charge in [0.2, 0.25) is 5.91 Å². The fraction of sp³-hybridized carbons (Fsp3) is 0.738. The van der Waals surface area contributed by atoms with Crippen LogP contribution >= 0.6 is 0 Å². The summed E-state index contributed by atoms with van der Waals surface area (Å²) in [7, 11) is 0. The van der Waals surface area contributed by atoms with Crippen LogP contribution in [0.5, 0.6) is 0 Å². The van der Waals surface area contributed by atoms with Crippen molar-refractivity contribution in [1.82, 2.24) is 5.32 Å². The van der Waals surface area contributed by atoms with Gasteiger partial charge in [-0.05, 0) is 103 Å². The average molecular weight is 1400 g/mol. The summed E-state index contributed by atoms with van der Waals surface area (Å²) >= 11 is 0. The third-order valence-corrected chi connectivity index (χ3v) is 18.2. The molecule has 19 heteroatoms. The molecule has 19 nitrogen and oxygen atoms in total. The van der Waals surface area contributed by atoms with Crippen molar-refractivity contribution < 1.29 is 89.4 Å². The number of allylic oxidation sites excluding steroid dienone is 19. The van der Waals surface area contributed by atoms with Crippen molar-refractivity contribution in [2.45, 2.75) is 349 Å². The van der Waals surface area contributed by atoms with Gasteiger partial charge in [0.1, 0.15) is 73.2 Å². The summed E-state index contributed by atoms with van der Waals surface area (Å²) in [5.74, 6) is -0.293. The predicted octanol–water partition coefficient (Wildman–Crippen LogP) is 11.9. The fourth-order valence-corrected chi connectivity index (χ4v) is 12.1. The van der Waals surface area contributed by atoms with Crippen LogP contribution in [0.25, 0.3) is 0 Å². The van der Waals surface area contributed by atoms with Crippen LogP contribution in [0.4, 0.5) is 0 Å². The van der Waals surface area contributed by atoms with Crippen LogP contribution in [-0.2, 0) is 33.2 Å². The zero-order valence-electron chi connectivity index (χ0n) is 60.4. The average Bonchev–Trinajstić information content (AvgIpc) is 0.784. The fourth-order valence-electron chi connectivity index (χ4n) is 12.1. The van der Waals surface area contributed by atoms with Crippen molar-refractivity contribution >= 4 is 5.91 Å². The van der Waals surface area contributed by atoms with Gasteiger partial charge < -0.3 is 89.9 Å². The Morgan fingerprint density at radius 1 is 0.374 bits per heavy atom. The smallest absolute Gasteiger partial charge is 0.220 e. The summed E-state index contributed by atoms with van der Waals surface area (Å²) in [5, 5.41) is 121. The monoisotopic (exact) mass is 1400 g/mol. The molecule has 17 unspecified atom stereocenters. The molecule has 3 aliphatic rings. The van der Waals surface area contributed by atoms with Crippen molar-refractivity contribution in [2.75, 3.05) is 26.4 Å². The second-order valence-corrected chi connectivity index (χ2v) is 26.7. The van der Waals surface area contributed by atoms with Crippen LogP contribution in [0, 0.1) is 0 Å². The highest BCUT2D eigenvalue weighted by atomic mass is 16.8. The molecule has 99 heavy (non-hydrogen) atoms. The van der Waals surface area contributed by atoms with Gasteiger partial charge in [0.05, 0.1) is 38.6 Å². The molecule has 568 valence electrons. The summed E-state index contributed by atoms with van der Waals surface area (Å²) in [4.78, 5) is 13.4. The van der Waals surface area contributed by atoms with Crippen LogP contribution in [0.1, 0.15) is 245 Å². The molecule has 0 aliphatic carbocycles. The van der Waals surface area contributed by atoms with Gasteiger partial charge in [0.15, 0.2) is 18.9 Å². The molecule has 17 atom stereocenters. The Hall–Kier alpha value is -3.81. The third kappa shape index (κ3) is 40.2. The third-order valence-electron chi connectivity index (χ3n) is 18.2. The maximum absolute atomic E-state index is 13.4. The zero-order chi connectivity index (χ0) is 71.8. The number of rotatable bonds is 58. The lowest BCUT2D eigenvalue weighted by molar-refractivity contribution is -0.379. The summed E-state index contributed by atoms with van der Waals surface area (Å²) in [6, 6.07) is -1.00. The highest BCUT2D eigenvalue weighted by Gasteiger charge is 2.53. The summed E-state index contributed by atoms with van der Waals surface area (Å²) in [6.45, 7) is 1.57. The van der Waals surface area contributed by atoms with Crippen molar-refractivity contribution in [2.24, 2.45) is 0 Å². The van der Waals surface area contributed by atoms with Gasteiger partial charge in [-0.25, -0.2) is 0 Å². The summed E-state index contributed by atoms with van der Waals surface area (Å²) in [6.07, 6.45) is 56.2. The van der Waals surface area contributed by atoms with Gasteiger partial charge in [-0.15, -0.1) is 0 Å². The maximum Gasteiger partial charge on any atom is 0.220 e. The van der Waals surface area contributed by atoms with Gasteiger partial charge in [-0.2, -0.15) is 0 Å². The SMILES string of the molecule is CC/C=C\C/C=C\C/C=C\C/C=C\C/C=C\C/C=C\C/C=C\CCCCCCCCCCCCCCCCCCCC(=O)NC(COC1OC(CO)C(OC2OC(CO)C(OC3OC(CO)C(O)C(O)C3O)C(O)C2O)C(O)C1O)C(O)/C=C/CC/C=C/CC/C=C/CCCCCCC. The number of hydrogen-bond donors (Lipinski definition) is 12. The number of carbonyl (C=O) groups excluding carboxylic acids is 1. The lowest BCUT2D eigenvalue weighted by Crippen LogP contribution is -2.66. The molecule has 0 aromatic rings. The Labute approximate surface area is 595 Å². The quantitative estimate of drug-likeness (QED) is 0.0199. The Kier molecular flexibility index (Phi) is 53.8. The van der Waals surface area contributed by atoms with Crippen molar-refractivity contribution in [3.8, 4) is 0 Å². The number of aliphatic hydroxyl groups is 11. The van der Waals surface area contributed by atoms with E-state index in [1.165, 1.54) is 122 Å². The molecule has 3 fully saturated rings. The van der Waals surface area contributed by atoms with Crippen LogP contribution < -0.4 is 5.32 Å². The van der Waals surface area contributed by atoms with Crippen LogP contribution in [-0.4, -0.2) is 193 Å². The molecule has 3 rings (SSSR count). The van der Waals surface area contributed by atoms with E-state index >= 15 is 0 Å². The molecular weight excluding hydrogens is 1260 g/mol. The van der Waals surface area contributed by atoms with Gasteiger partial charge in [-0.1, -0.05) is 257 Å². The minimum atomic E-state index is -1.99. The molecule has 0 bridgehead atoms. The number of carbonyl (C=O) groups is 1. The first kappa shape index (κ1) is 89.4. The zero-order valence-corrected chi connectivity index (χ0v) is 60.4. The molecule has 0 spiro atoms. The first-order valence-corrected chi connectivity index (χ1v) is 38.3. The van der Waals surface area contributed by atoms with Gasteiger partial charge in [0, 0.05) is 6.42 Å². The topological polar surface area (TPSA) is 307 Å². The number of nitrogens with one attached hydrogen (secondary N) is 1. The Morgan fingerprint density at radius 2 is 0.707 bits per heavy atom. The highest BCUT2D eigenvalue weighted by Crippen LogP contribution is 2.33. The van der Waals surface area contributed by atoms with Gasteiger partial charge in [0.25, 0.3) is 0 Å². The lowest BCUT2D eigenvalue weighted by atomic mass is 9.96. The first-order chi connectivity index (χ1) is 48.3. The normalized spacial score (nSPS) is 27.3. The van der Waals surface area contributed by atoms with E-state index in [1.807, 2.05) is 6.08 Å². The van der Waals surface area contributed by atoms with Crippen LogP contribution in [0.2, 0.25) is 0 Å².